The largest absolute Gasteiger partial charge is 0.330 e. The molecule has 0 aliphatic heterocycles. The van der Waals surface area contributed by atoms with Gasteiger partial charge >= 0.3 is 0 Å². The number of hydrogen-bond acceptors (Lipinski definition) is 2. The molecule has 13 heavy (non-hydrogen) atoms. The van der Waals surface area contributed by atoms with Gasteiger partial charge in [0.05, 0.1) is 5.69 Å². The minimum absolute atomic E-state index is 0.375. The van der Waals surface area contributed by atoms with Crippen molar-refractivity contribution in [3.8, 4) is 0 Å². The van der Waals surface area contributed by atoms with E-state index in [1.165, 1.54) is 0 Å². The van der Waals surface area contributed by atoms with E-state index >= 15 is 0 Å². The Morgan fingerprint density at radius 2 is 2.38 bits per heavy atom. The zero-order chi connectivity index (χ0) is 9.84. The van der Waals surface area contributed by atoms with Crippen LogP contribution >= 0.6 is 0 Å². The summed E-state index contributed by atoms with van der Waals surface area (Å²) < 4.78 is 1.97. The smallest absolute Gasteiger partial charge is 0.0639 e. The van der Waals surface area contributed by atoms with Gasteiger partial charge in [-0.1, -0.05) is 6.58 Å². The van der Waals surface area contributed by atoms with E-state index in [9.17, 15) is 0 Å². The Hall–Kier alpha value is -1.09. The van der Waals surface area contributed by atoms with Crippen LogP contribution in [-0.4, -0.2) is 16.3 Å². The molecule has 0 atom stereocenters. The summed E-state index contributed by atoms with van der Waals surface area (Å²) in [6.45, 7) is 8.84. The van der Waals surface area contributed by atoms with E-state index in [2.05, 4.69) is 25.5 Å². The molecule has 1 rings (SSSR count). The van der Waals surface area contributed by atoms with E-state index in [4.69, 9.17) is 5.73 Å². The zero-order valence-corrected chi connectivity index (χ0v) is 8.33. The molecule has 0 unspecified atom stereocenters. The second-order valence-corrected chi connectivity index (χ2v) is 3.40. The van der Waals surface area contributed by atoms with Crippen molar-refractivity contribution >= 4 is 5.57 Å². The number of nitrogens with two attached hydrogens (primary N) is 1. The molecule has 0 aliphatic rings. The van der Waals surface area contributed by atoms with Crippen molar-refractivity contribution in [3.63, 3.8) is 0 Å². The number of hydrogen-bond donors (Lipinski definition) is 1. The number of rotatable bonds is 4. The Kier molecular flexibility index (Phi) is 3.25. The van der Waals surface area contributed by atoms with Crippen molar-refractivity contribution in [3.05, 3.63) is 24.5 Å². The molecule has 0 saturated carbocycles. The van der Waals surface area contributed by atoms with Gasteiger partial charge in [0, 0.05) is 12.2 Å². The van der Waals surface area contributed by atoms with Gasteiger partial charge in [0.25, 0.3) is 0 Å². The fourth-order valence-electron chi connectivity index (χ4n) is 1.31. The third-order valence-electron chi connectivity index (χ3n) is 1.97. The molecule has 0 fully saturated rings. The Morgan fingerprint density at radius 1 is 1.69 bits per heavy atom. The van der Waals surface area contributed by atoms with Gasteiger partial charge in [-0.05, 0) is 38.5 Å². The summed E-state index contributed by atoms with van der Waals surface area (Å²) in [5.41, 5.74) is 7.63. The second-order valence-electron chi connectivity index (χ2n) is 3.40. The normalized spacial score (nSPS) is 10.8. The lowest BCUT2D eigenvalue weighted by atomic mass is 10.1. The van der Waals surface area contributed by atoms with Crippen molar-refractivity contribution in [2.75, 3.05) is 6.54 Å². The minimum atomic E-state index is 0.375. The van der Waals surface area contributed by atoms with Crippen LogP contribution in [0.1, 0.15) is 32.0 Å². The van der Waals surface area contributed by atoms with Gasteiger partial charge in [0.2, 0.25) is 0 Å². The van der Waals surface area contributed by atoms with E-state index in [-0.39, 0.29) is 0 Å². The van der Waals surface area contributed by atoms with Crippen molar-refractivity contribution < 1.29 is 0 Å². The fourth-order valence-corrected chi connectivity index (χ4v) is 1.31. The van der Waals surface area contributed by atoms with Crippen LogP contribution in [0.25, 0.3) is 5.57 Å². The predicted octanol–water partition coefficient (Wildman–Crippen LogP) is 1.83. The molecule has 0 aromatic carbocycles. The molecule has 0 spiro atoms. The molecule has 3 heteroatoms. The lowest BCUT2D eigenvalue weighted by molar-refractivity contribution is 0.526. The van der Waals surface area contributed by atoms with Crippen LogP contribution in [0.3, 0.4) is 0 Å². The fraction of sp³-hybridized carbons (Fsp3) is 0.500. The molecule has 2 N–H and O–H groups in total. The summed E-state index contributed by atoms with van der Waals surface area (Å²) in [6, 6.07) is 2.36. The number of nitrogens with zero attached hydrogens (tertiary/aromatic N) is 2. The third kappa shape index (κ3) is 2.18. The first-order valence-corrected chi connectivity index (χ1v) is 4.58. The van der Waals surface area contributed by atoms with Crippen LogP contribution in [0, 0.1) is 0 Å². The van der Waals surface area contributed by atoms with Crippen LogP contribution in [0.15, 0.2) is 18.8 Å². The SMILES string of the molecule is C=C(CCN)c1ccnn1C(C)C. The van der Waals surface area contributed by atoms with E-state index in [1.54, 1.807) is 6.20 Å². The first kappa shape index (κ1) is 9.99. The molecule has 1 aromatic rings. The van der Waals surface area contributed by atoms with Crippen molar-refractivity contribution in [1.29, 1.82) is 0 Å². The van der Waals surface area contributed by atoms with Gasteiger partial charge in [-0.2, -0.15) is 5.10 Å². The highest BCUT2D eigenvalue weighted by molar-refractivity contribution is 5.60. The highest BCUT2D eigenvalue weighted by Crippen LogP contribution is 2.18. The van der Waals surface area contributed by atoms with E-state index in [0.29, 0.717) is 12.6 Å². The van der Waals surface area contributed by atoms with Crippen LogP contribution in [-0.2, 0) is 0 Å². The molecular weight excluding hydrogens is 162 g/mol. The molecule has 1 aromatic heterocycles. The Labute approximate surface area is 79.2 Å². The summed E-state index contributed by atoms with van der Waals surface area (Å²) in [6.07, 6.45) is 2.63. The first-order valence-electron chi connectivity index (χ1n) is 4.58. The Bertz CT molecular complexity index is 286. The van der Waals surface area contributed by atoms with Gasteiger partial charge in [-0.3, -0.25) is 4.68 Å². The average Bonchev–Trinajstić information content (AvgIpc) is 2.52. The molecule has 0 aliphatic carbocycles. The van der Waals surface area contributed by atoms with Crippen molar-refractivity contribution in [1.82, 2.24) is 9.78 Å². The summed E-state index contributed by atoms with van der Waals surface area (Å²) in [7, 11) is 0. The second kappa shape index (κ2) is 4.23. The highest BCUT2D eigenvalue weighted by Gasteiger charge is 2.07. The molecule has 0 amide bonds. The van der Waals surface area contributed by atoms with Crippen molar-refractivity contribution in [2.45, 2.75) is 26.3 Å². The lowest BCUT2D eigenvalue weighted by Gasteiger charge is -2.11. The maximum absolute atomic E-state index is 5.47. The third-order valence-corrected chi connectivity index (χ3v) is 1.97. The minimum Gasteiger partial charge on any atom is -0.330 e. The Balaban J connectivity index is 2.87. The summed E-state index contributed by atoms with van der Waals surface area (Å²) in [5.74, 6) is 0. The first-order chi connectivity index (χ1) is 6.16. The average molecular weight is 179 g/mol. The predicted molar refractivity (Wildman–Crippen MR) is 55.3 cm³/mol. The Morgan fingerprint density at radius 3 is 2.92 bits per heavy atom. The monoisotopic (exact) mass is 179 g/mol. The maximum Gasteiger partial charge on any atom is 0.0639 e. The standard InChI is InChI=1S/C10H17N3/c1-8(2)13-10(5-7-12-13)9(3)4-6-11/h5,7-8H,3-4,6,11H2,1-2H3. The van der Waals surface area contributed by atoms with Gasteiger partial charge in [-0.15, -0.1) is 0 Å². The van der Waals surface area contributed by atoms with Gasteiger partial charge < -0.3 is 5.73 Å². The topological polar surface area (TPSA) is 43.8 Å². The van der Waals surface area contributed by atoms with Gasteiger partial charge in [0.15, 0.2) is 0 Å². The van der Waals surface area contributed by atoms with E-state index < -0.39 is 0 Å². The molecule has 0 saturated heterocycles. The van der Waals surface area contributed by atoms with E-state index in [1.807, 2.05) is 10.7 Å². The number of aromatic nitrogens is 2. The van der Waals surface area contributed by atoms with Crippen LogP contribution in [0.2, 0.25) is 0 Å². The molecule has 1 heterocycles. The van der Waals surface area contributed by atoms with Gasteiger partial charge in [0.1, 0.15) is 0 Å². The molecule has 72 valence electrons. The molecule has 0 radical (unpaired) electrons. The van der Waals surface area contributed by atoms with Crippen LogP contribution < -0.4 is 5.73 Å². The summed E-state index contributed by atoms with van der Waals surface area (Å²) in [5, 5.41) is 4.23. The summed E-state index contributed by atoms with van der Waals surface area (Å²) >= 11 is 0. The molecule has 0 bridgehead atoms. The summed E-state index contributed by atoms with van der Waals surface area (Å²) in [4.78, 5) is 0. The van der Waals surface area contributed by atoms with Crippen LogP contribution in [0.4, 0.5) is 0 Å². The molecular formula is C10H17N3. The van der Waals surface area contributed by atoms with Crippen LogP contribution in [0.5, 0.6) is 0 Å². The lowest BCUT2D eigenvalue weighted by Crippen LogP contribution is -2.08. The maximum atomic E-state index is 5.47. The van der Waals surface area contributed by atoms with Crippen molar-refractivity contribution in [2.24, 2.45) is 5.73 Å². The van der Waals surface area contributed by atoms with Gasteiger partial charge in [-0.25, -0.2) is 0 Å². The zero-order valence-electron chi connectivity index (χ0n) is 8.33. The van der Waals surface area contributed by atoms with E-state index in [0.717, 1.165) is 17.7 Å². The quantitative estimate of drug-likeness (QED) is 0.766. The highest BCUT2D eigenvalue weighted by atomic mass is 15.3. The molecule has 3 nitrogen and oxygen atoms in total.